The molecule has 0 aromatic rings. The summed E-state index contributed by atoms with van der Waals surface area (Å²) in [6.45, 7) is 6.11. The molecule has 0 aromatic carbocycles. The van der Waals surface area contributed by atoms with Crippen LogP contribution in [-0.4, -0.2) is 37.2 Å². The molecular weight excluding hydrogens is 721 g/mol. The van der Waals surface area contributed by atoms with Crippen LogP contribution in [-0.2, 0) is 28.6 Å². The zero-order valence-corrected chi connectivity index (χ0v) is 36.5. The average Bonchev–Trinajstić information content (AvgIpc) is 3.22. The van der Waals surface area contributed by atoms with E-state index in [4.69, 9.17) is 14.2 Å². The van der Waals surface area contributed by atoms with Crippen LogP contribution >= 0.6 is 0 Å². The smallest absolute Gasteiger partial charge is 0.309 e. The number of hydrogen-bond donors (Lipinski definition) is 0. The Morgan fingerprint density at radius 1 is 0.397 bits per heavy atom. The lowest BCUT2D eigenvalue weighted by molar-refractivity contribution is -0.166. The Bertz CT molecular complexity index is 1330. The number of rotatable bonds is 37. The number of esters is 3. The highest BCUT2D eigenvalue weighted by atomic mass is 16.6. The van der Waals surface area contributed by atoms with E-state index in [9.17, 15) is 14.4 Å². The molecule has 0 spiro atoms. The van der Waals surface area contributed by atoms with Gasteiger partial charge < -0.3 is 14.2 Å². The maximum absolute atomic E-state index is 12.7. The van der Waals surface area contributed by atoms with Gasteiger partial charge in [-0.1, -0.05) is 199 Å². The fraction of sp³-hybridized carbons (Fsp3) is 0.519. The summed E-state index contributed by atoms with van der Waals surface area (Å²) >= 11 is 0. The number of ether oxygens (including phenoxy) is 3. The Hall–Kier alpha value is -4.45. The Morgan fingerprint density at radius 3 is 1.34 bits per heavy atom. The van der Waals surface area contributed by atoms with Gasteiger partial charge in [0.25, 0.3) is 0 Å². The summed E-state index contributed by atoms with van der Waals surface area (Å²) in [4.78, 5) is 37.6. The Morgan fingerprint density at radius 2 is 0.810 bits per heavy atom. The van der Waals surface area contributed by atoms with E-state index in [1.165, 1.54) is 6.42 Å². The van der Waals surface area contributed by atoms with E-state index < -0.39 is 12.1 Å². The number of hydrogen-bond acceptors (Lipinski definition) is 6. The van der Waals surface area contributed by atoms with Gasteiger partial charge in [-0.05, 0) is 70.6 Å². The van der Waals surface area contributed by atoms with Crippen LogP contribution in [0.4, 0.5) is 0 Å². The largest absolute Gasteiger partial charge is 0.462 e. The topological polar surface area (TPSA) is 78.9 Å². The SMILES string of the molecule is CC\C=C/C=C\C=C/CCCCCCCC(=O)OC(COC(=O)C/C=C\C/C=C\C/C=C\CC)COC(=O)CCCCCCC\C=C/C=C\C=C/C=C\C=C/CCC. The first kappa shape index (κ1) is 53.6. The second-order valence-electron chi connectivity index (χ2n) is 14.0. The summed E-state index contributed by atoms with van der Waals surface area (Å²) in [6.07, 6.45) is 63.2. The summed E-state index contributed by atoms with van der Waals surface area (Å²) in [7, 11) is 0. The second kappa shape index (κ2) is 45.3. The van der Waals surface area contributed by atoms with Crippen LogP contribution in [0.25, 0.3) is 0 Å². The van der Waals surface area contributed by atoms with Crippen molar-refractivity contribution in [2.45, 2.75) is 162 Å². The minimum atomic E-state index is -0.838. The second-order valence-corrected chi connectivity index (χ2v) is 14.0. The van der Waals surface area contributed by atoms with Crippen LogP contribution < -0.4 is 0 Å². The van der Waals surface area contributed by atoms with Gasteiger partial charge in [-0.3, -0.25) is 14.4 Å². The minimum Gasteiger partial charge on any atom is -0.462 e. The monoisotopic (exact) mass is 799 g/mol. The van der Waals surface area contributed by atoms with Crippen molar-refractivity contribution in [1.82, 2.24) is 0 Å². The first-order valence-corrected chi connectivity index (χ1v) is 22.3. The molecule has 0 amide bonds. The number of unbranched alkanes of at least 4 members (excludes halogenated alkanes) is 11. The number of carbonyl (C=O) groups excluding carboxylic acids is 3. The third kappa shape index (κ3) is 42.7. The lowest BCUT2D eigenvalue weighted by atomic mass is 10.1. The molecule has 0 bridgehead atoms. The highest BCUT2D eigenvalue weighted by molar-refractivity contribution is 5.72. The van der Waals surface area contributed by atoms with Crippen molar-refractivity contribution in [3.8, 4) is 0 Å². The number of carbonyl (C=O) groups is 3. The van der Waals surface area contributed by atoms with Crippen LogP contribution in [0.1, 0.15) is 156 Å². The van der Waals surface area contributed by atoms with Gasteiger partial charge in [-0.15, -0.1) is 0 Å². The van der Waals surface area contributed by atoms with E-state index in [-0.39, 0.29) is 38.0 Å². The Balaban J connectivity index is 4.53. The van der Waals surface area contributed by atoms with E-state index in [1.54, 1.807) is 6.08 Å². The van der Waals surface area contributed by atoms with E-state index in [0.717, 1.165) is 109 Å². The summed E-state index contributed by atoms with van der Waals surface area (Å²) < 4.78 is 16.5. The van der Waals surface area contributed by atoms with Gasteiger partial charge in [0.15, 0.2) is 6.10 Å². The van der Waals surface area contributed by atoms with Gasteiger partial charge in [0.05, 0.1) is 6.42 Å². The van der Waals surface area contributed by atoms with Crippen molar-refractivity contribution in [3.63, 3.8) is 0 Å². The molecule has 322 valence electrons. The van der Waals surface area contributed by atoms with Gasteiger partial charge in [-0.25, -0.2) is 0 Å². The highest BCUT2D eigenvalue weighted by Gasteiger charge is 2.19. The summed E-state index contributed by atoms with van der Waals surface area (Å²) in [5, 5.41) is 0. The molecule has 0 radical (unpaired) electrons. The first-order valence-electron chi connectivity index (χ1n) is 22.3. The Kier molecular flexibility index (Phi) is 41.8. The molecule has 6 heteroatoms. The molecule has 0 saturated heterocycles. The summed E-state index contributed by atoms with van der Waals surface area (Å²) in [6, 6.07) is 0. The van der Waals surface area contributed by atoms with E-state index in [2.05, 4.69) is 99.8 Å². The predicted molar refractivity (Wildman–Crippen MR) is 246 cm³/mol. The molecule has 1 unspecified atom stereocenters. The molecule has 0 saturated carbocycles. The lowest BCUT2D eigenvalue weighted by Gasteiger charge is -2.18. The maximum Gasteiger partial charge on any atom is 0.309 e. The molecule has 0 heterocycles. The van der Waals surface area contributed by atoms with Gasteiger partial charge in [0, 0.05) is 12.8 Å². The molecule has 0 aromatic heterocycles. The molecule has 1 atom stereocenters. The minimum absolute atomic E-state index is 0.118. The summed E-state index contributed by atoms with van der Waals surface area (Å²) in [5.74, 6) is -1.12. The summed E-state index contributed by atoms with van der Waals surface area (Å²) in [5.41, 5.74) is 0. The maximum atomic E-state index is 12.7. The molecular formula is C52H78O6. The van der Waals surface area contributed by atoms with Gasteiger partial charge >= 0.3 is 17.9 Å². The van der Waals surface area contributed by atoms with Crippen molar-refractivity contribution in [2.75, 3.05) is 13.2 Å². The van der Waals surface area contributed by atoms with Crippen LogP contribution in [0.2, 0.25) is 0 Å². The van der Waals surface area contributed by atoms with Crippen molar-refractivity contribution >= 4 is 17.9 Å². The normalized spacial score (nSPS) is 13.4. The van der Waals surface area contributed by atoms with Crippen LogP contribution in [0.5, 0.6) is 0 Å². The zero-order chi connectivity index (χ0) is 42.3. The predicted octanol–water partition coefficient (Wildman–Crippen LogP) is 14.4. The molecule has 58 heavy (non-hydrogen) atoms. The molecule has 0 fully saturated rings. The fourth-order valence-corrected chi connectivity index (χ4v) is 5.29. The third-order valence-corrected chi connectivity index (χ3v) is 8.57. The average molecular weight is 799 g/mol. The van der Waals surface area contributed by atoms with E-state index in [1.807, 2.05) is 48.6 Å². The fourth-order valence-electron chi connectivity index (χ4n) is 5.29. The van der Waals surface area contributed by atoms with E-state index >= 15 is 0 Å². The molecule has 0 aliphatic heterocycles. The van der Waals surface area contributed by atoms with Gasteiger partial charge in [0.2, 0.25) is 0 Å². The quantitative estimate of drug-likeness (QED) is 0.0205. The van der Waals surface area contributed by atoms with Gasteiger partial charge in [-0.2, -0.15) is 0 Å². The molecule has 6 nitrogen and oxygen atoms in total. The van der Waals surface area contributed by atoms with Gasteiger partial charge in [0.1, 0.15) is 13.2 Å². The highest BCUT2D eigenvalue weighted by Crippen LogP contribution is 2.11. The Labute approximate surface area is 354 Å². The number of allylic oxidation sites excluding steroid dienone is 21. The third-order valence-electron chi connectivity index (χ3n) is 8.57. The van der Waals surface area contributed by atoms with Crippen LogP contribution in [0.3, 0.4) is 0 Å². The first-order chi connectivity index (χ1) is 28.5. The molecule has 0 N–H and O–H groups in total. The van der Waals surface area contributed by atoms with Crippen LogP contribution in [0, 0.1) is 0 Å². The van der Waals surface area contributed by atoms with E-state index in [0.29, 0.717) is 6.42 Å². The van der Waals surface area contributed by atoms with Crippen molar-refractivity contribution in [1.29, 1.82) is 0 Å². The zero-order valence-electron chi connectivity index (χ0n) is 36.5. The van der Waals surface area contributed by atoms with Crippen molar-refractivity contribution in [2.24, 2.45) is 0 Å². The molecule has 0 rings (SSSR count). The standard InChI is InChI=1S/C52H78O6/c1-4-7-10-13-16-19-21-23-24-25-26-27-29-30-33-36-39-42-45-51(54)57-48-49(47-56-50(53)44-41-38-35-32-18-15-12-9-6-3)58-52(55)46-43-40-37-34-31-28-22-20-17-14-11-8-5-2/h8-14,16-27,32,38,41,49H,4-7,15,28-31,33-37,39-40,42-48H2,1-3H3/b11-8-,12-9-,13-10-,17-14-,19-16-,22-20-,23-21-,25-24-,27-26-,32-18-,41-38-. The van der Waals surface area contributed by atoms with Crippen molar-refractivity contribution in [3.05, 3.63) is 134 Å². The lowest BCUT2D eigenvalue weighted by Crippen LogP contribution is -2.30. The molecule has 0 aliphatic rings. The van der Waals surface area contributed by atoms with Crippen molar-refractivity contribution < 1.29 is 28.6 Å². The van der Waals surface area contributed by atoms with Crippen LogP contribution in [0.15, 0.2) is 134 Å². The molecule has 0 aliphatic carbocycles.